The van der Waals surface area contributed by atoms with E-state index in [2.05, 4.69) is 20.5 Å². The molecule has 0 aliphatic heterocycles. The van der Waals surface area contributed by atoms with E-state index in [-0.39, 0.29) is 5.15 Å². The maximum atomic E-state index is 6.17. The van der Waals surface area contributed by atoms with Gasteiger partial charge in [0.2, 0.25) is 0 Å². The number of hydrogen-bond acceptors (Lipinski definition) is 5. The molecule has 4 rings (SSSR count). The number of aromatic nitrogens is 2. The van der Waals surface area contributed by atoms with Crippen LogP contribution in [0.25, 0.3) is 11.0 Å². The van der Waals surface area contributed by atoms with E-state index < -0.39 is 0 Å². The zero-order valence-electron chi connectivity index (χ0n) is 14.2. The summed E-state index contributed by atoms with van der Waals surface area (Å²) < 4.78 is 5.83. The van der Waals surface area contributed by atoms with Crippen molar-refractivity contribution in [3.8, 4) is 11.5 Å². The van der Waals surface area contributed by atoms with Crippen LogP contribution >= 0.6 is 11.6 Å². The van der Waals surface area contributed by atoms with E-state index in [1.54, 1.807) is 6.21 Å². The van der Waals surface area contributed by atoms with Crippen molar-refractivity contribution in [1.82, 2.24) is 9.97 Å². The summed E-state index contributed by atoms with van der Waals surface area (Å²) in [7, 11) is 0. The van der Waals surface area contributed by atoms with Crippen LogP contribution in [0.5, 0.6) is 11.5 Å². The first-order valence-electron chi connectivity index (χ1n) is 8.32. The number of hydrogen-bond donors (Lipinski definition) is 1. The molecule has 0 unspecified atom stereocenters. The van der Waals surface area contributed by atoms with Crippen LogP contribution in [0, 0.1) is 0 Å². The number of anilines is 1. The van der Waals surface area contributed by atoms with Crippen LogP contribution in [-0.4, -0.2) is 16.2 Å². The van der Waals surface area contributed by atoms with Gasteiger partial charge in [-0.05, 0) is 42.0 Å². The molecule has 0 spiro atoms. The van der Waals surface area contributed by atoms with E-state index in [1.807, 2.05) is 78.9 Å². The van der Waals surface area contributed by atoms with Crippen LogP contribution < -0.4 is 10.2 Å². The Bertz CT molecular complexity index is 1100. The molecule has 132 valence electrons. The van der Waals surface area contributed by atoms with Crippen LogP contribution in [0.4, 0.5) is 5.82 Å². The molecule has 0 atom stereocenters. The summed E-state index contributed by atoms with van der Waals surface area (Å²) in [6.07, 6.45) is 1.67. The summed E-state index contributed by atoms with van der Waals surface area (Å²) in [6, 6.07) is 24.8. The Kier molecular flexibility index (Phi) is 4.94. The number of para-hydroxylation sites is 3. The highest BCUT2D eigenvalue weighted by Crippen LogP contribution is 2.22. The van der Waals surface area contributed by atoms with Crippen molar-refractivity contribution in [2.75, 3.05) is 5.43 Å². The summed E-state index contributed by atoms with van der Waals surface area (Å²) >= 11 is 6.17. The molecule has 5 nitrogen and oxygen atoms in total. The van der Waals surface area contributed by atoms with Crippen LogP contribution in [0.15, 0.2) is 84.0 Å². The first-order valence-corrected chi connectivity index (χ1v) is 8.70. The van der Waals surface area contributed by atoms with Crippen molar-refractivity contribution in [3.63, 3.8) is 0 Å². The number of hydrazone groups is 1. The van der Waals surface area contributed by atoms with Gasteiger partial charge < -0.3 is 4.74 Å². The summed E-state index contributed by atoms with van der Waals surface area (Å²) in [5.41, 5.74) is 5.21. The van der Waals surface area contributed by atoms with E-state index in [0.717, 1.165) is 28.1 Å². The summed E-state index contributed by atoms with van der Waals surface area (Å²) in [5, 5.41) is 4.48. The highest BCUT2D eigenvalue weighted by Gasteiger charge is 2.05. The van der Waals surface area contributed by atoms with E-state index in [4.69, 9.17) is 16.3 Å². The van der Waals surface area contributed by atoms with Crippen LogP contribution in [-0.2, 0) is 0 Å². The Morgan fingerprint density at radius 3 is 2.33 bits per heavy atom. The number of ether oxygens (including phenoxy) is 1. The van der Waals surface area contributed by atoms with E-state index in [1.165, 1.54) is 0 Å². The molecule has 0 aliphatic rings. The second-order valence-corrected chi connectivity index (χ2v) is 6.07. The van der Waals surface area contributed by atoms with E-state index in [0.29, 0.717) is 5.82 Å². The van der Waals surface area contributed by atoms with Gasteiger partial charge >= 0.3 is 0 Å². The fraction of sp³-hybridized carbons (Fsp3) is 0. The minimum atomic E-state index is 0.270. The molecule has 1 N–H and O–H groups in total. The molecular formula is C21H15ClN4O. The number of halogens is 1. The van der Waals surface area contributed by atoms with Crippen molar-refractivity contribution >= 4 is 34.7 Å². The van der Waals surface area contributed by atoms with Crippen LogP contribution in [0.1, 0.15) is 5.56 Å². The molecule has 0 fully saturated rings. The van der Waals surface area contributed by atoms with Gasteiger partial charge in [-0.15, -0.1) is 0 Å². The molecule has 27 heavy (non-hydrogen) atoms. The van der Waals surface area contributed by atoms with Crippen molar-refractivity contribution < 1.29 is 4.74 Å². The van der Waals surface area contributed by atoms with Gasteiger partial charge in [-0.25, -0.2) is 9.97 Å². The third kappa shape index (κ3) is 4.22. The molecule has 3 aromatic carbocycles. The lowest BCUT2D eigenvalue weighted by Crippen LogP contribution is -1.97. The van der Waals surface area contributed by atoms with Gasteiger partial charge in [-0.1, -0.05) is 54.1 Å². The predicted octanol–water partition coefficient (Wildman–Crippen LogP) is 5.52. The van der Waals surface area contributed by atoms with Crippen molar-refractivity contribution in [2.24, 2.45) is 5.10 Å². The number of nitrogens with one attached hydrogen (secondary N) is 1. The normalized spacial score (nSPS) is 11.0. The minimum absolute atomic E-state index is 0.270. The third-order valence-electron chi connectivity index (χ3n) is 3.75. The Labute approximate surface area is 161 Å². The van der Waals surface area contributed by atoms with E-state index >= 15 is 0 Å². The second-order valence-electron chi connectivity index (χ2n) is 5.71. The Morgan fingerprint density at radius 2 is 1.52 bits per heavy atom. The molecule has 0 saturated carbocycles. The largest absolute Gasteiger partial charge is 0.457 e. The Balaban J connectivity index is 1.49. The topological polar surface area (TPSA) is 59.4 Å². The quantitative estimate of drug-likeness (QED) is 0.369. The van der Waals surface area contributed by atoms with Gasteiger partial charge in [0, 0.05) is 0 Å². The summed E-state index contributed by atoms with van der Waals surface area (Å²) in [6.45, 7) is 0. The van der Waals surface area contributed by atoms with Gasteiger partial charge in [0.25, 0.3) is 0 Å². The number of nitrogens with zero attached hydrogens (tertiary/aromatic N) is 3. The molecule has 1 heterocycles. The molecule has 0 bridgehead atoms. The monoisotopic (exact) mass is 374 g/mol. The summed E-state index contributed by atoms with van der Waals surface area (Å²) in [5.74, 6) is 1.92. The zero-order chi connectivity index (χ0) is 18.5. The number of fused-ring (bicyclic) bond motifs is 1. The fourth-order valence-electron chi connectivity index (χ4n) is 2.50. The van der Waals surface area contributed by atoms with Gasteiger partial charge in [-0.2, -0.15) is 5.10 Å². The molecule has 1 aromatic heterocycles. The highest BCUT2D eigenvalue weighted by molar-refractivity contribution is 6.32. The maximum Gasteiger partial charge on any atom is 0.185 e. The standard InChI is InChI=1S/C21H15ClN4O/c22-20-21(25-19-12-5-4-11-18(19)24-20)26-23-14-15-7-6-10-17(13-15)27-16-8-2-1-3-9-16/h1-14H,(H,25,26)/b23-14-. The third-order valence-corrected chi connectivity index (χ3v) is 4.01. The first-order chi connectivity index (χ1) is 13.3. The van der Waals surface area contributed by atoms with Crippen LogP contribution in [0.3, 0.4) is 0 Å². The second kappa shape index (κ2) is 7.85. The molecule has 0 amide bonds. The molecule has 0 aliphatic carbocycles. The highest BCUT2D eigenvalue weighted by atomic mass is 35.5. The average molecular weight is 375 g/mol. The predicted molar refractivity (Wildman–Crippen MR) is 109 cm³/mol. The van der Waals surface area contributed by atoms with Gasteiger partial charge in [0.05, 0.1) is 17.2 Å². The molecule has 4 aromatic rings. The fourth-order valence-corrected chi connectivity index (χ4v) is 2.68. The first kappa shape index (κ1) is 17.0. The molecule has 6 heteroatoms. The Morgan fingerprint density at radius 1 is 0.815 bits per heavy atom. The SMILES string of the molecule is Clc1nc2ccccc2nc1N/N=C\c1cccc(Oc2ccccc2)c1. The van der Waals surface area contributed by atoms with Crippen molar-refractivity contribution in [2.45, 2.75) is 0 Å². The lowest BCUT2D eigenvalue weighted by molar-refractivity contribution is 0.482. The van der Waals surface area contributed by atoms with Crippen LogP contribution in [0.2, 0.25) is 5.15 Å². The van der Waals surface area contributed by atoms with Gasteiger partial charge in [-0.3, -0.25) is 5.43 Å². The number of rotatable bonds is 5. The minimum Gasteiger partial charge on any atom is -0.457 e. The molecular weight excluding hydrogens is 360 g/mol. The van der Waals surface area contributed by atoms with E-state index in [9.17, 15) is 0 Å². The summed E-state index contributed by atoms with van der Waals surface area (Å²) in [4.78, 5) is 8.74. The van der Waals surface area contributed by atoms with Crippen molar-refractivity contribution in [3.05, 3.63) is 89.6 Å². The molecule has 0 radical (unpaired) electrons. The lowest BCUT2D eigenvalue weighted by atomic mass is 10.2. The maximum absolute atomic E-state index is 6.17. The van der Waals surface area contributed by atoms with Gasteiger partial charge in [0.1, 0.15) is 11.5 Å². The Hall–Kier alpha value is -3.44. The van der Waals surface area contributed by atoms with Gasteiger partial charge in [0.15, 0.2) is 11.0 Å². The molecule has 0 saturated heterocycles. The number of benzene rings is 3. The smallest absolute Gasteiger partial charge is 0.185 e. The average Bonchev–Trinajstić information content (AvgIpc) is 2.69. The lowest BCUT2D eigenvalue weighted by Gasteiger charge is -2.06. The van der Waals surface area contributed by atoms with Crippen molar-refractivity contribution in [1.29, 1.82) is 0 Å². The zero-order valence-corrected chi connectivity index (χ0v) is 15.0.